The minimum atomic E-state index is -0.251. The fourth-order valence-electron chi connectivity index (χ4n) is 1.76. The van der Waals surface area contributed by atoms with Gasteiger partial charge in [-0.05, 0) is 37.5 Å². The van der Waals surface area contributed by atoms with Crippen molar-refractivity contribution in [2.45, 2.75) is 25.3 Å². The summed E-state index contributed by atoms with van der Waals surface area (Å²) < 4.78 is 0. The maximum absolute atomic E-state index is 11.8. The molecule has 1 fully saturated rings. The molecule has 1 saturated carbocycles. The largest absolute Gasteiger partial charge is 0.384 e. The molecule has 4 nitrogen and oxygen atoms in total. The van der Waals surface area contributed by atoms with Gasteiger partial charge in [0.2, 0.25) is 0 Å². The smallest absolute Gasteiger partial charge is 0.319 e. The van der Waals surface area contributed by atoms with Gasteiger partial charge in [0.05, 0.1) is 5.69 Å². The first-order valence-electron chi connectivity index (χ1n) is 6.16. The number of benzene rings is 1. The summed E-state index contributed by atoms with van der Waals surface area (Å²) in [5, 5.41) is 14.9. The van der Waals surface area contributed by atoms with Crippen LogP contribution in [0.15, 0.2) is 18.2 Å². The molecule has 0 bridgehead atoms. The summed E-state index contributed by atoms with van der Waals surface area (Å²) in [6.45, 7) is -0.226. The molecule has 1 aromatic rings. The Morgan fingerprint density at radius 3 is 2.89 bits per heavy atom. The normalized spacial score (nSPS) is 14.0. The second kappa shape index (κ2) is 6.46. The van der Waals surface area contributed by atoms with Crippen molar-refractivity contribution in [1.29, 1.82) is 0 Å². The number of aliphatic hydroxyl groups excluding tert-OH is 1. The molecule has 0 aromatic heterocycles. The van der Waals surface area contributed by atoms with Gasteiger partial charge in [0.15, 0.2) is 0 Å². The van der Waals surface area contributed by atoms with Crippen molar-refractivity contribution in [1.82, 2.24) is 5.32 Å². The van der Waals surface area contributed by atoms with Gasteiger partial charge in [-0.15, -0.1) is 0 Å². The van der Waals surface area contributed by atoms with E-state index in [1.807, 2.05) is 0 Å². The summed E-state index contributed by atoms with van der Waals surface area (Å²) in [6.07, 6.45) is 3.22. The van der Waals surface area contributed by atoms with Gasteiger partial charge in [-0.25, -0.2) is 4.79 Å². The highest BCUT2D eigenvalue weighted by atomic mass is 35.5. The van der Waals surface area contributed by atoms with E-state index >= 15 is 0 Å². The van der Waals surface area contributed by atoms with E-state index in [9.17, 15) is 4.79 Å². The third-order valence-corrected chi connectivity index (χ3v) is 3.21. The van der Waals surface area contributed by atoms with Crippen LogP contribution in [0.25, 0.3) is 0 Å². The number of halogens is 1. The average molecular weight is 279 g/mol. The van der Waals surface area contributed by atoms with E-state index < -0.39 is 0 Å². The lowest BCUT2D eigenvalue weighted by Crippen LogP contribution is -2.41. The van der Waals surface area contributed by atoms with Crippen molar-refractivity contribution < 1.29 is 9.90 Å². The zero-order valence-corrected chi connectivity index (χ0v) is 11.1. The molecular formula is C14H15ClN2O2. The van der Waals surface area contributed by atoms with Crippen molar-refractivity contribution in [3.8, 4) is 11.8 Å². The molecule has 0 saturated heterocycles. The third-order valence-electron chi connectivity index (χ3n) is 2.97. The van der Waals surface area contributed by atoms with Crippen molar-refractivity contribution in [3.05, 3.63) is 28.8 Å². The van der Waals surface area contributed by atoms with Crippen LogP contribution in [-0.2, 0) is 0 Å². The fraction of sp³-hybridized carbons (Fsp3) is 0.357. The summed E-state index contributed by atoms with van der Waals surface area (Å²) >= 11 is 5.91. The number of aliphatic hydroxyl groups is 1. The standard InChI is InChI=1S/C14H15ClN2O2/c15-11-7-6-10(3-2-8-18)13(9-11)17-14(19)16-12-4-1-5-12/h6-7,9,12,18H,1,4-5,8H2,(H2,16,17,19). The first kappa shape index (κ1) is 13.7. The Labute approximate surface area is 117 Å². The number of hydrogen-bond acceptors (Lipinski definition) is 2. The van der Waals surface area contributed by atoms with E-state index in [1.165, 1.54) is 0 Å². The highest BCUT2D eigenvalue weighted by Gasteiger charge is 2.19. The second-order valence-electron chi connectivity index (χ2n) is 4.38. The maximum Gasteiger partial charge on any atom is 0.319 e. The summed E-state index contributed by atoms with van der Waals surface area (Å²) in [5.41, 5.74) is 1.17. The van der Waals surface area contributed by atoms with Crippen LogP contribution >= 0.6 is 11.6 Å². The van der Waals surface area contributed by atoms with Gasteiger partial charge in [-0.3, -0.25) is 0 Å². The van der Waals surface area contributed by atoms with Crippen molar-refractivity contribution in [2.24, 2.45) is 0 Å². The summed E-state index contributed by atoms with van der Waals surface area (Å²) in [6, 6.07) is 5.07. The number of anilines is 1. The number of rotatable bonds is 2. The molecule has 0 spiro atoms. The van der Waals surface area contributed by atoms with Crippen molar-refractivity contribution in [2.75, 3.05) is 11.9 Å². The molecule has 0 aliphatic heterocycles. The van der Waals surface area contributed by atoms with Crippen molar-refractivity contribution in [3.63, 3.8) is 0 Å². The Balaban J connectivity index is 2.08. The molecule has 0 heterocycles. The third kappa shape index (κ3) is 3.88. The van der Waals surface area contributed by atoms with Crippen LogP contribution in [0.2, 0.25) is 5.02 Å². The molecule has 2 amide bonds. The molecule has 100 valence electrons. The summed E-state index contributed by atoms with van der Waals surface area (Å²) in [7, 11) is 0. The lowest BCUT2D eigenvalue weighted by atomic mass is 9.93. The maximum atomic E-state index is 11.8. The number of carbonyl (C=O) groups excluding carboxylic acids is 1. The van der Waals surface area contributed by atoms with E-state index in [0.717, 1.165) is 19.3 Å². The number of amides is 2. The van der Waals surface area contributed by atoms with Crippen LogP contribution < -0.4 is 10.6 Å². The molecule has 2 rings (SSSR count). The molecule has 0 radical (unpaired) electrons. The van der Waals surface area contributed by atoms with Crippen LogP contribution in [0, 0.1) is 11.8 Å². The monoisotopic (exact) mass is 278 g/mol. The van der Waals surface area contributed by atoms with E-state index in [-0.39, 0.29) is 18.7 Å². The predicted octanol–water partition coefficient (Wildman–Crippen LogP) is 2.36. The predicted molar refractivity (Wildman–Crippen MR) is 75.2 cm³/mol. The van der Waals surface area contributed by atoms with Gasteiger partial charge in [0, 0.05) is 16.6 Å². The molecular weight excluding hydrogens is 264 g/mol. The topological polar surface area (TPSA) is 61.4 Å². The van der Waals surface area contributed by atoms with Gasteiger partial charge in [0.1, 0.15) is 6.61 Å². The number of nitrogens with one attached hydrogen (secondary N) is 2. The number of urea groups is 1. The number of hydrogen-bond donors (Lipinski definition) is 3. The quantitative estimate of drug-likeness (QED) is 0.727. The van der Waals surface area contributed by atoms with E-state index in [1.54, 1.807) is 18.2 Å². The first-order chi connectivity index (χ1) is 9.19. The van der Waals surface area contributed by atoms with Gasteiger partial charge in [-0.1, -0.05) is 23.4 Å². The Morgan fingerprint density at radius 2 is 2.26 bits per heavy atom. The summed E-state index contributed by atoms with van der Waals surface area (Å²) in [5.74, 6) is 5.33. The second-order valence-corrected chi connectivity index (χ2v) is 4.81. The van der Waals surface area contributed by atoms with Gasteiger partial charge < -0.3 is 15.7 Å². The minimum absolute atomic E-state index is 0.226. The van der Waals surface area contributed by atoms with E-state index in [0.29, 0.717) is 16.3 Å². The zero-order chi connectivity index (χ0) is 13.7. The molecule has 5 heteroatoms. The highest BCUT2D eigenvalue weighted by Crippen LogP contribution is 2.21. The summed E-state index contributed by atoms with van der Waals surface area (Å²) in [4.78, 5) is 11.8. The van der Waals surface area contributed by atoms with Crippen LogP contribution in [0.1, 0.15) is 24.8 Å². The minimum Gasteiger partial charge on any atom is -0.384 e. The highest BCUT2D eigenvalue weighted by molar-refractivity contribution is 6.31. The number of carbonyl (C=O) groups is 1. The Morgan fingerprint density at radius 1 is 1.47 bits per heavy atom. The van der Waals surface area contributed by atoms with Gasteiger partial charge in [0.25, 0.3) is 0 Å². The average Bonchev–Trinajstić information content (AvgIpc) is 2.33. The molecule has 0 atom stereocenters. The molecule has 1 aliphatic rings. The Kier molecular flexibility index (Phi) is 4.67. The Hall–Kier alpha value is -1.70. The Bertz CT molecular complexity index is 530. The zero-order valence-electron chi connectivity index (χ0n) is 10.4. The molecule has 0 unspecified atom stereocenters. The van der Waals surface area contributed by atoms with Crippen molar-refractivity contribution >= 4 is 23.3 Å². The fourth-order valence-corrected chi connectivity index (χ4v) is 1.93. The molecule has 19 heavy (non-hydrogen) atoms. The molecule has 1 aromatic carbocycles. The van der Waals surface area contributed by atoms with E-state index in [2.05, 4.69) is 22.5 Å². The van der Waals surface area contributed by atoms with Crippen LogP contribution in [0.4, 0.5) is 10.5 Å². The van der Waals surface area contributed by atoms with Crippen LogP contribution in [0.3, 0.4) is 0 Å². The lowest BCUT2D eigenvalue weighted by molar-refractivity contribution is 0.240. The first-order valence-corrected chi connectivity index (χ1v) is 6.53. The van der Waals surface area contributed by atoms with Gasteiger partial charge in [-0.2, -0.15) is 0 Å². The van der Waals surface area contributed by atoms with E-state index in [4.69, 9.17) is 16.7 Å². The van der Waals surface area contributed by atoms with Crippen LogP contribution in [0.5, 0.6) is 0 Å². The van der Waals surface area contributed by atoms with Crippen LogP contribution in [-0.4, -0.2) is 23.8 Å². The molecule has 3 N–H and O–H groups in total. The molecule has 1 aliphatic carbocycles. The van der Waals surface area contributed by atoms with Gasteiger partial charge >= 0.3 is 6.03 Å². The lowest BCUT2D eigenvalue weighted by Gasteiger charge is -2.26. The SMILES string of the molecule is O=C(Nc1cc(Cl)ccc1C#CCO)NC1CCC1.